The summed E-state index contributed by atoms with van der Waals surface area (Å²) in [5.41, 5.74) is 7.53. The van der Waals surface area contributed by atoms with Gasteiger partial charge in [0, 0.05) is 11.5 Å². The van der Waals surface area contributed by atoms with Crippen molar-refractivity contribution in [1.82, 2.24) is 0 Å². The van der Waals surface area contributed by atoms with Gasteiger partial charge in [0.1, 0.15) is 5.75 Å². The number of carbonyl (C=O) groups excluding carboxylic acids is 1. The van der Waals surface area contributed by atoms with E-state index in [1.165, 1.54) is 47.6 Å². The van der Waals surface area contributed by atoms with Gasteiger partial charge >= 0.3 is 5.97 Å². The maximum atomic E-state index is 12.4. The van der Waals surface area contributed by atoms with Crippen molar-refractivity contribution in [3.63, 3.8) is 0 Å². The number of hydrogen-bond donors (Lipinski definition) is 0. The molecule has 0 saturated heterocycles. The Hall–Kier alpha value is -3.39. The molecule has 0 heterocycles. The number of rotatable bonds is 12. The third kappa shape index (κ3) is 11.4. The van der Waals surface area contributed by atoms with Crippen LogP contribution in [0.4, 0.5) is 0 Å². The second-order valence-corrected chi connectivity index (χ2v) is 12.3. The fraction of sp³-hybridized carbons (Fsp3) is 0.395. The molecule has 0 bridgehead atoms. The van der Waals surface area contributed by atoms with E-state index in [2.05, 4.69) is 91.5 Å². The second kappa shape index (κ2) is 15.4. The van der Waals surface area contributed by atoms with Gasteiger partial charge in [0.15, 0.2) is 0 Å². The molecular weight excluding hydrogens is 488 g/mol. The molecule has 2 rings (SSSR count). The Labute approximate surface area is 244 Å². The fourth-order valence-electron chi connectivity index (χ4n) is 4.87. The summed E-state index contributed by atoms with van der Waals surface area (Å²) in [7, 11) is 0. The number of allylic oxidation sites excluding steroid dienone is 13. The normalized spacial score (nSPS) is 17.9. The van der Waals surface area contributed by atoms with Crippen molar-refractivity contribution in [2.24, 2.45) is 10.8 Å². The van der Waals surface area contributed by atoms with Crippen molar-refractivity contribution in [2.45, 2.75) is 87.5 Å². The molecule has 1 aromatic rings. The zero-order valence-corrected chi connectivity index (χ0v) is 26.1. The largest absolute Gasteiger partial charge is 0.423 e. The van der Waals surface area contributed by atoms with Crippen LogP contribution < -0.4 is 4.74 Å². The zero-order valence-electron chi connectivity index (χ0n) is 26.1. The smallest absolute Gasteiger partial charge is 0.336 e. The average molecular weight is 539 g/mol. The summed E-state index contributed by atoms with van der Waals surface area (Å²) in [6.45, 7) is 21.4. The predicted octanol–water partition coefficient (Wildman–Crippen LogP) is 11.1. The van der Waals surface area contributed by atoms with Crippen LogP contribution in [-0.2, 0) is 4.79 Å². The van der Waals surface area contributed by atoms with E-state index in [1.807, 2.05) is 49.4 Å². The first-order chi connectivity index (χ1) is 18.8. The van der Waals surface area contributed by atoms with Gasteiger partial charge in [0.25, 0.3) is 0 Å². The number of hydrogen-bond acceptors (Lipinski definition) is 2. The van der Waals surface area contributed by atoms with E-state index in [0.717, 1.165) is 24.0 Å². The third-order valence-electron chi connectivity index (χ3n) is 7.58. The number of benzene rings is 1. The Balaban J connectivity index is 1.93. The number of carbonyl (C=O) groups is 1. The van der Waals surface area contributed by atoms with Crippen LogP contribution in [0.5, 0.6) is 5.75 Å². The SMILES string of the molecule is C=C[C@](C)(/C=C/c1ccc(OC(=O)/C=C(C)/C=C/C=C(C)/C=C\C2=C(C)CCCC2(C)C)cc1)CCC=C(C)C. The molecule has 2 nitrogen and oxygen atoms in total. The van der Waals surface area contributed by atoms with Crippen LogP contribution in [-0.4, -0.2) is 5.97 Å². The summed E-state index contributed by atoms with van der Waals surface area (Å²) in [6.07, 6.45) is 26.3. The van der Waals surface area contributed by atoms with Crippen LogP contribution in [0.1, 0.15) is 93.1 Å². The Kier molecular flexibility index (Phi) is 12.6. The molecule has 0 aliphatic heterocycles. The van der Waals surface area contributed by atoms with Gasteiger partial charge in [-0.15, -0.1) is 6.58 Å². The maximum Gasteiger partial charge on any atom is 0.336 e. The van der Waals surface area contributed by atoms with E-state index in [1.54, 1.807) is 0 Å². The van der Waals surface area contributed by atoms with E-state index in [0.29, 0.717) is 5.75 Å². The first-order valence-electron chi connectivity index (χ1n) is 14.5. The molecule has 1 aromatic carbocycles. The van der Waals surface area contributed by atoms with E-state index < -0.39 is 0 Å². The molecule has 0 unspecified atom stereocenters. The molecule has 1 aliphatic rings. The molecule has 40 heavy (non-hydrogen) atoms. The number of esters is 1. The minimum absolute atomic E-state index is 0.0696. The second-order valence-electron chi connectivity index (χ2n) is 12.3. The minimum atomic E-state index is -0.383. The summed E-state index contributed by atoms with van der Waals surface area (Å²) >= 11 is 0. The fourth-order valence-corrected chi connectivity index (χ4v) is 4.87. The van der Waals surface area contributed by atoms with Crippen LogP contribution in [0.15, 0.2) is 113 Å². The maximum absolute atomic E-state index is 12.4. The van der Waals surface area contributed by atoms with Crippen molar-refractivity contribution in [3.8, 4) is 5.75 Å². The standard InChI is InChI=1S/C38H50O2/c1-10-38(9,26-12-14-29(2)3)27-24-33-19-21-34(22-20-33)40-36(39)28-31(5)16-11-15-30(4)18-23-35-32(6)17-13-25-37(35,7)8/h10-11,14-16,18-24,27-28H,1,12-13,17,25-26H2,2-9H3/b16-11+,23-18-,27-24+,30-15+,31-28+/t38-/m0/s1. The monoisotopic (exact) mass is 538 g/mol. The molecule has 2 heteroatoms. The molecule has 0 amide bonds. The van der Waals surface area contributed by atoms with Crippen molar-refractivity contribution in [3.05, 3.63) is 119 Å². The van der Waals surface area contributed by atoms with Crippen LogP contribution in [0, 0.1) is 10.8 Å². The summed E-state index contributed by atoms with van der Waals surface area (Å²) in [4.78, 5) is 12.4. The highest BCUT2D eigenvalue weighted by Gasteiger charge is 2.26. The van der Waals surface area contributed by atoms with Gasteiger partial charge in [-0.25, -0.2) is 4.79 Å². The van der Waals surface area contributed by atoms with E-state index in [-0.39, 0.29) is 16.8 Å². The lowest BCUT2D eigenvalue weighted by atomic mass is 9.72. The van der Waals surface area contributed by atoms with Gasteiger partial charge < -0.3 is 4.74 Å². The zero-order chi connectivity index (χ0) is 29.8. The molecule has 1 atom stereocenters. The van der Waals surface area contributed by atoms with E-state index >= 15 is 0 Å². The molecule has 0 radical (unpaired) electrons. The minimum Gasteiger partial charge on any atom is -0.423 e. The molecule has 0 spiro atoms. The Bertz CT molecular complexity index is 1230. The molecule has 0 fully saturated rings. The van der Waals surface area contributed by atoms with Gasteiger partial charge in [0.2, 0.25) is 0 Å². The molecule has 0 aromatic heterocycles. The van der Waals surface area contributed by atoms with Gasteiger partial charge in [-0.2, -0.15) is 0 Å². The summed E-state index contributed by atoms with van der Waals surface area (Å²) in [5.74, 6) is 0.146. The van der Waals surface area contributed by atoms with Crippen molar-refractivity contribution in [1.29, 1.82) is 0 Å². The van der Waals surface area contributed by atoms with Crippen molar-refractivity contribution in [2.75, 3.05) is 0 Å². The van der Waals surface area contributed by atoms with Gasteiger partial charge in [0.05, 0.1) is 0 Å². The third-order valence-corrected chi connectivity index (χ3v) is 7.58. The van der Waals surface area contributed by atoms with Crippen LogP contribution in [0.3, 0.4) is 0 Å². The highest BCUT2D eigenvalue weighted by atomic mass is 16.5. The average Bonchev–Trinajstić information content (AvgIpc) is 2.87. The molecular formula is C38H50O2. The highest BCUT2D eigenvalue weighted by Crippen LogP contribution is 2.40. The predicted molar refractivity (Wildman–Crippen MR) is 174 cm³/mol. The van der Waals surface area contributed by atoms with Gasteiger partial charge in [-0.05, 0) is 101 Å². The van der Waals surface area contributed by atoms with E-state index in [4.69, 9.17) is 4.74 Å². The lowest BCUT2D eigenvalue weighted by Gasteiger charge is -2.32. The quantitative estimate of drug-likeness (QED) is 0.0869. The Morgan fingerprint density at radius 2 is 1.75 bits per heavy atom. The summed E-state index contributed by atoms with van der Waals surface area (Å²) < 4.78 is 5.52. The lowest BCUT2D eigenvalue weighted by Crippen LogP contribution is -2.19. The highest BCUT2D eigenvalue weighted by molar-refractivity contribution is 5.85. The lowest BCUT2D eigenvalue weighted by molar-refractivity contribution is -0.129. The van der Waals surface area contributed by atoms with Crippen molar-refractivity contribution < 1.29 is 9.53 Å². The van der Waals surface area contributed by atoms with Gasteiger partial charge in [-0.3, -0.25) is 0 Å². The van der Waals surface area contributed by atoms with Gasteiger partial charge in [-0.1, -0.05) is 104 Å². The molecule has 214 valence electrons. The number of ether oxygens (including phenoxy) is 1. The molecule has 0 saturated carbocycles. The first kappa shape index (κ1) is 32.8. The van der Waals surface area contributed by atoms with Crippen molar-refractivity contribution >= 4 is 12.0 Å². The Morgan fingerprint density at radius 1 is 1.05 bits per heavy atom. The van der Waals surface area contributed by atoms with Crippen LogP contribution in [0.2, 0.25) is 0 Å². The Morgan fingerprint density at radius 3 is 2.38 bits per heavy atom. The van der Waals surface area contributed by atoms with Crippen LogP contribution >= 0.6 is 0 Å². The van der Waals surface area contributed by atoms with Crippen LogP contribution in [0.25, 0.3) is 6.08 Å². The van der Waals surface area contributed by atoms with E-state index in [9.17, 15) is 4.79 Å². The first-order valence-corrected chi connectivity index (χ1v) is 14.5. The topological polar surface area (TPSA) is 26.3 Å². The summed E-state index contributed by atoms with van der Waals surface area (Å²) in [5, 5.41) is 0. The summed E-state index contributed by atoms with van der Waals surface area (Å²) in [6, 6.07) is 7.58. The molecule has 1 aliphatic carbocycles. The molecule has 0 N–H and O–H groups in total.